The Balaban J connectivity index is 1.47. The fourth-order valence-electron chi connectivity index (χ4n) is 3.22. The monoisotopic (exact) mass is 451 g/mol. The summed E-state index contributed by atoms with van der Waals surface area (Å²) in [4.78, 5) is 25.7. The maximum Gasteiger partial charge on any atom is 0.271 e. The molecular formula is C23H22FN5O2S. The number of carbonyl (C=O) groups is 1. The fourth-order valence-corrected chi connectivity index (χ4v) is 4.04. The second kappa shape index (κ2) is 9.69. The Bertz CT molecular complexity index is 1230. The number of nitrogens with zero attached hydrogens (tertiary/aromatic N) is 3. The first-order valence-corrected chi connectivity index (χ1v) is 10.9. The molecule has 7 nitrogen and oxygen atoms in total. The van der Waals surface area contributed by atoms with Crippen LogP contribution in [0.25, 0.3) is 10.2 Å². The molecule has 0 aliphatic rings. The molecule has 4 aromatic rings. The third-order valence-corrected chi connectivity index (χ3v) is 5.86. The minimum atomic E-state index is -0.415. The number of nitrogens with one attached hydrogen (secondary N) is 2. The third-order valence-electron chi connectivity index (χ3n) is 4.95. The zero-order valence-corrected chi connectivity index (χ0v) is 18.4. The van der Waals surface area contributed by atoms with Gasteiger partial charge in [0, 0.05) is 12.7 Å². The normalized spacial score (nSPS) is 11.8. The van der Waals surface area contributed by atoms with E-state index >= 15 is 0 Å². The van der Waals surface area contributed by atoms with Crippen molar-refractivity contribution in [2.45, 2.75) is 19.4 Å². The highest BCUT2D eigenvalue weighted by Crippen LogP contribution is 2.25. The first-order chi connectivity index (χ1) is 15.5. The summed E-state index contributed by atoms with van der Waals surface area (Å²) < 4.78 is 19.4. The highest BCUT2D eigenvalue weighted by atomic mass is 32.1. The van der Waals surface area contributed by atoms with E-state index in [0.29, 0.717) is 35.7 Å². The highest BCUT2D eigenvalue weighted by Gasteiger charge is 2.17. The molecule has 0 saturated carbocycles. The minimum Gasteiger partial charge on any atom is -0.497 e. The van der Waals surface area contributed by atoms with Crippen LogP contribution in [0, 0.1) is 5.82 Å². The molecule has 0 aliphatic carbocycles. The second-order valence-electron chi connectivity index (χ2n) is 7.19. The van der Waals surface area contributed by atoms with Gasteiger partial charge < -0.3 is 15.4 Å². The highest BCUT2D eigenvalue weighted by molar-refractivity contribution is 7.17. The van der Waals surface area contributed by atoms with Crippen LogP contribution in [0.5, 0.6) is 5.75 Å². The van der Waals surface area contributed by atoms with E-state index in [9.17, 15) is 9.18 Å². The van der Waals surface area contributed by atoms with Crippen molar-refractivity contribution < 1.29 is 13.9 Å². The Morgan fingerprint density at radius 3 is 2.75 bits per heavy atom. The Morgan fingerprint density at radius 2 is 2.00 bits per heavy atom. The van der Waals surface area contributed by atoms with Gasteiger partial charge in [0.05, 0.1) is 29.6 Å². The summed E-state index contributed by atoms with van der Waals surface area (Å²) in [7, 11) is 1.63. The number of ether oxygens (including phenoxy) is 1. The van der Waals surface area contributed by atoms with E-state index < -0.39 is 5.82 Å². The van der Waals surface area contributed by atoms with E-state index in [1.165, 1.54) is 17.4 Å². The first-order valence-electron chi connectivity index (χ1n) is 10.1. The summed E-state index contributed by atoms with van der Waals surface area (Å²) in [6.45, 7) is 2.32. The molecule has 0 fully saturated rings. The summed E-state index contributed by atoms with van der Waals surface area (Å²) in [5.74, 6) is 0.411. The van der Waals surface area contributed by atoms with Crippen LogP contribution in [0.4, 0.5) is 10.3 Å². The molecule has 1 aromatic carbocycles. The Kier molecular flexibility index (Phi) is 6.55. The molecule has 3 aromatic heterocycles. The number of rotatable bonds is 8. The van der Waals surface area contributed by atoms with E-state index in [-0.39, 0.29) is 11.9 Å². The topological polar surface area (TPSA) is 89.0 Å². The van der Waals surface area contributed by atoms with Gasteiger partial charge in [0.2, 0.25) is 5.95 Å². The quantitative estimate of drug-likeness (QED) is 0.413. The zero-order valence-electron chi connectivity index (χ0n) is 17.6. The average molecular weight is 452 g/mol. The van der Waals surface area contributed by atoms with Gasteiger partial charge >= 0.3 is 0 Å². The fraction of sp³-hybridized carbons (Fsp3) is 0.217. The predicted octanol–water partition coefficient (Wildman–Crippen LogP) is 4.38. The molecule has 0 radical (unpaired) electrons. The van der Waals surface area contributed by atoms with Gasteiger partial charge in [-0.1, -0.05) is 12.1 Å². The van der Waals surface area contributed by atoms with Crippen molar-refractivity contribution >= 4 is 33.4 Å². The number of carbonyl (C=O) groups excluding carboxylic acids is 1. The van der Waals surface area contributed by atoms with Gasteiger partial charge in [-0.25, -0.2) is 14.4 Å². The van der Waals surface area contributed by atoms with Crippen LogP contribution >= 0.6 is 11.3 Å². The molecule has 32 heavy (non-hydrogen) atoms. The van der Waals surface area contributed by atoms with E-state index in [1.54, 1.807) is 13.3 Å². The van der Waals surface area contributed by atoms with Gasteiger partial charge in [0.1, 0.15) is 11.6 Å². The number of methoxy groups -OCH3 is 1. The number of amides is 1. The maximum absolute atomic E-state index is 13.5. The van der Waals surface area contributed by atoms with Crippen LogP contribution in [0.1, 0.15) is 34.6 Å². The molecule has 9 heteroatoms. The molecule has 2 N–H and O–H groups in total. The van der Waals surface area contributed by atoms with Crippen LogP contribution in [0.15, 0.2) is 54.2 Å². The molecular weight excluding hydrogens is 429 g/mol. The molecule has 0 spiro atoms. The van der Waals surface area contributed by atoms with Crippen LogP contribution in [-0.4, -0.2) is 34.5 Å². The van der Waals surface area contributed by atoms with Crippen molar-refractivity contribution in [2.75, 3.05) is 19.0 Å². The number of aromatic nitrogens is 3. The van der Waals surface area contributed by atoms with Crippen molar-refractivity contribution in [3.8, 4) is 5.75 Å². The van der Waals surface area contributed by atoms with E-state index in [2.05, 4.69) is 25.6 Å². The van der Waals surface area contributed by atoms with Crippen LogP contribution in [0.2, 0.25) is 0 Å². The van der Waals surface area contributed by atoms with Gasteiger partial charge in [0.15, 0.2) is 5.69 Å². The van der Waals surface area contributed by atoms with Gasteiger partial charge in [0.25, 0.3) is 5.91 Å². The number of anilines is 1. The van der Waals surface area contributed by atoms with Gasteiger partial charge in [-0.3, -0.25) is 9.78 Å². The van der Waals surface area contributed by atoms with E-state index in [0.717, 1.165) is 22.2 Å². The van der Waals surface area contributed by atoms with Crippen molar-refractivity contribution in [2.24, 2.45) is 0 Å². The van der Waals surface area contributed by atoms with Gasteiger partial charge in [-0.15, -0.1) is 11.3 Å². The number of hydrogen-bond acceptors (Lipinski definition) is 7. The number of benzene rings is 1. The van der Waals surface area contributed by atoms with Crippen molar-refractivity contribution in [1.82, 2.24) is 20.3 Å². The Labute approximate surface area is 188 Å². The summed E-state index contributed by atoms with van der Waals surface area (Å²) in [5.41, 5.74) is 2.74. The standard InChI is InChI=1S/C23H22FN5O2S/c1-14(16-11-17(24)13-25-12-16)27-23-28-19-8-10-32-21(19)20(29-23)22(30)26-9-7-15-3-5-18(31-2)6-4-15/h3-6,8,10-14H,7,9H2,1-2H3,(H,26,30)(H,27,28,29). The molecule has 3 heterocycles. The maximum atomic E-state index is 13.5. The van der Waals surface area contributed by atoms with E-state index in [4.69, 9.17) is 4.74 Å². The molecule has 0 aliphatic heterocycles. The second-order valence-corrected chi connectivity index (χ2v) is 8.10. The van der Waals surface area contributed by atoms with Crippen molar-refractivity contribution in [3.05, 3.63) is 76.8 Å². The molecule has 164 valence electrons. The summed E-state index contributed by atoms with van der Waals surface area (Å²) in [6.07, 6.45) is 3.41. The molecule has 0 bridgehead atoms. The molecule has 1 unspecified atom stereocenters. The lowest BCUT2D eigenvalue weighted by molar-refractivity contribution is 0.0951. The van der Waals surface area contributed by atoms with Crippen molar-refractivity contribution in [3.63, 3.8) is 0 Å². The number of halogens is 1. The van der Waals surface area contributed by atoms with Crippen LogP contribution in [-0.2, 0) is 6.42 Å². The molecule has 0 saturated heterocycles. The summed E-state index contributed by atoms with van der Waals surface area (Å²) in [6, 6.07) is 10.7. The van der Waals surface area contributed by atoms with E-state index in [1.807, 2.05) is 42.6 Å². The minimum absolute atomic E-state index is 0.267. The lowest BCUT2D eigenvalue weighted by Crippen LogP contribution is -2.27. The van der Waals surface area contributed by atoms with Gasteiger partial charge in [-0.05, 0) is 54.1 Å². The average Bonchev–Trinajstić information content (AvgIpc) is 3.27. The molecule has 1 amide bonds. The van der Waals surface area contributed by atoms with Crippen LogP contribution < -0.4 is 15.4 Å². The summed E-state index contributed by atoms with van der Waals surface area (Å²) >= 11 is 1.42. The van der Waals surface area contributed by atoms with Crippen molar-refractivity contribution in [1.29, 1.82) is 0 Å². The number of pyridine rings is 1. The molecule has 4 rings (SSSR count). The first kappa shape index (κ1) is 21.6. The molecule has 1 atom stereocenters. The lowest BCUT2D eigenvalue weighted by Gasteiger charge is -2.15. The number of thiophene rings is 1. The predicted molar refractivity (Wildman–Crippen MR) is 123 cm³/mol. The smallest absolute Gasteiger partial charge is 0.271 e. The SMILES string of the molecule is COc1ccc(CCNC(=O)c2nc(NC(C)c3cncc(F)c3)nc3ccsc23)cc1. The summed E-state index contributed by atoms with van der Waals surface area (Å²) in [5, 5.41) is 7.95. The van der Waals surface area contributed by atoms with Crippen LogP contribution in [0.3, 0.4) is 0 Å². The number of hydrogen-bond donors (Lipinski definition) is 2. The zero-order chi connectivity index (χ0) is 22.5. The number of fused-ring (bicyclic) bond motifs is 1. The third kappa shape index (κ3) is 5.00. The Morgan fingerprint density at radius 1 is 1.19 bits per heavy atom. The van der Waals surface area contributed by atoms with Gasteiger partial charge in [-0.2, -0.15) is 0 Å². The Hall–Kier alpha value is -3.59. The largest absolute Gasteiger partial charge is 0.497 e. The lowest BCUT2D eigenvalue weighted by atomic mass is 10.1.